The molecule has 2 N–H and O–H groups in total. The highest BCUT2D eigenvalue weighted by molar-refractivity contribution is 6.02. The van der Waals surface area contributed by atoms with Crippen molar-refractivity contribution < 1.29 is 32.2 Å². The number of hydrogen-bond donors (Lipinski definition) is 1. The molecular formula is C26H34F3N4O4+. The van der Waals surface area contributed by atoms with Gasteiger partial charge in [0.1, 0.15) is 0 Å². The third kappa shape index (κ3) is 6.64. The fraction of sp³-hybridized carbons (Fsp3) is 0.538. The highest BCUT2D eigenvalue weighted by Gasteiger charge is 2.43. The number of nitro benzene ring substituents is 1. The third-order valence-corrected chi connectivity index (χ3v) is 7.71. The van der Waals surface area contributed by atoms with Crippen molar-refractivity contribution in [2.45, 2.75) is 57.8 Å². The SMILES string of the molecule is CCC[N+]1(C(C)Cc2ccc([N+](=O)[O-])cc2)CCC(C(N)C(=O)C2=CCN(C(=O)C(F)(F)F)C=C2)CC1. The molecule has 0 bridgehead atoms. The van der Waals surface area contributed by atoms with Crippen LogP contribution in [0.25, 0.3) is 0 Å². The van der Waals surface area contributed by atoms with Crippen LogP contribution in [0.3, 0.4) is 0 Å². The number of nitrogens with two attached hydrogens (primary N) is 1. The van der Waals surface area contributed by atoms with Crippen molar-refractivity contribution in [2.24, 2.45) is 11.7 Å². The second kappa shape index (κ2) is 11.6. The number of nitrogens with zero attached hydrogens (tertiary/aromatic N) is 3. The number of likely N-dealkylation sites (tertiary alicyclic amines) is 1. The summed E-state index contributed by atoms with van der Waals surface area (Å²) >= 11 is 0. The fourth-order valence-corrected chi connectivity index (χ4v) is 5.48. The average Bonchev–Trinajstić information content (AvgIpc) is 2.87. The van der Waals surface area contributed by atoms with Crippen LogP contribution in [-0.4, -0.2) is 70.4 Å². The number of carbonyl (C=O) groups is 2. The fourth-order valence-electron chi connectivity index (χ4n) is 5.48. The Bertz CT molecular complexity index is 1060. The molecule has 1 aromatic rings. The van der Waals surface area contributed by atoms with Gasteiger partial charge in [0.2, 0.25) is 0 Å². The normalized spacial score (nSPS) is 23.8. The molecule has 0 spiro atoms. The number of quaternary nitrogens is 1. The third-order valence-electron chi connectivity index (χ3n) is 7.71. The topological polar surface area (TPSA) is 107 Å². The van der Waals surface area contributed by atoms with Crippen LogP contribution in [0.5, 0.6) is 0 Å². The molecule has 202 valence electrons. The van der Waals surface area contributed by atoms with Gasteiger partial charge in [0.05, 0.1) is 36.6 Å². The lowest BCUT2D eigenvalue weighted by Crippen LogP contribution is -2.61. The Morgan fingerprint density at radius 3 is 2.32 bits per heavy atom. The smallest absolute Gasteiger partial charge is 0.321 e. The Morgan fingerprint density at radius 1 is 1.22 bits per heavy atom. The van der Waals surface area contributed by atoms with E-state index in [0.717, 1.165) is 61.6 Å². The Kier molecular flexibility index (Phi) is 8.91. The van der Waals surface area contributed by atoms with E-state index in [1.165, 1.54) is 24.3 Å². The zero-order chi connectivity index (χ0) is 27.4. The van der Waals surface area contributed by atoms with Gasteiger partial charge in [0, 0.05) is 49.7 Å². The quantitative estimate of drug-likeness (QED) is 0.300. The number of non-ortho nitro benzene ring substituents is 1. The Labute approximate surface area is 214 Å². The van der Waals surface area contributed by atoms with E-state index in [1.54, 1.807) is 12.1 Å². The van der Waals surface area contributed by atoms with Gasteiger partial charge in [-0.1, -0.05) is 25.1 Å². The predicted octanol–water partition coefficient (Wildman–Crippen LogP) is 3.90. The lowest BCUT2D eigenvalue weighted by atomic mass is 9.83. The van der Waals surface area contributed by atoms with E-state index in [1.807, 2.05) is 0 Å². The van der Waals surface area contributed by atoms with Gasteiger partial charge in [-0.05, 0) is 30.9 Å². The molecule has 2 aliphatic heterocycles. The summed E-state index contributed by atoms with van der Waals surface area (Å²) in [6.07, 6.45) is 1.81. The number of amides is 1. The second-order valence-electron chi connectivity index (χ2n) is 10.0. The van der Waals surface area contributed by atoms with Crippen LogP contribution in [-0.2, 0) is 16.0 Å². The number of piperidine rings is 1. The molecule has 0 aliphatic carbocycles. The molecule has 2 aliphatic rings. The first-order valence-corrected chi connectivity index (χ1v) is 12.5. The van der Waals surface area contributed by atoms with E-state index in [2.05, 4.69) is 13.8 Å². The summed E-state index contributed by atoms with van der Waals surface area (Å²) < 4.78 is 38.8. The number of benzene rings is 1. The number of allylic oxidation sites excluding steroid dienone is 1. The molecule has 0 radical (unpaired) electrons. The minimum atomic E-state index is -4.98. The molecule has 0 saturated carbocycles. The number of carbonyl (C=O) groups excluding carboxylic acids is 2. The van der Waals surface area contributed by atoms with Crippen molar-refractivity contribution in [3.8, 4) is 0 Å². The van der Waals surface area contributed by atoms with Crippen LogP contribution in [0.1, 0.15) is 38.7 Å². The largest absolute Gasteiger partial charge is 0.471 e. The summed E-state index contributed by atoms with van der Waals surface area (Å²) in [5.41, 5.74) is 7.67. The van der Waals surface area contributed by atoms with Gasteiger partial charge in [0.15, 0.2) is 5.78 Å². The Balaban J connectivity index is 1.61. The van der Waals surface area contributed by atoms with Gasteiger partial charge >= 0.3 is 12.1 Å². The van der Waals surface area contributed by atoms with Crippen molar-refractivity contribution in [1.82, 2.24) is 4.90 Å². The second-order valence-corrected chi connectivity index (χ2v) is 10.0. The molecule has 1 saturated heterocycles. The molecule has 2 unspecified atom stereocenters. The van der Waals surface area contributed by atoms with E-state index in [-0.39, 0.29) is 35.5 Å². The molecule has 1 amide bonds. The summed E-state index contributed by atoms with van der Waals surface area (Å²) in [6.45, 7) is 6.65. The Hall–Kier alpha value is -3.05. The van der Waals surface area contributed by atoms with Crippen LogP contribution >= 0.6 is 0 Å². The number of alkyl halides is 3. The van der Waals surface area contributed by atoms with E-state index >= 15 is 0 Å². The zero-order valence-electron chi connectivity index (χ0n) is 21.1. The molecule has 37 heavy (non-hydrogen) atoms. The molecule has 11 heteroatoms. The molecule has 0 aromatic heterocycles. The summed E-state index contributed by atoms with van der Waals surface area (Å²) in [4.78, 5) is 35.4. The number of ketones is 1. The minimum absolute atomic E-state index is 0.0497. The standard InChI is InChI=1S/C26H34F3N4O4/c1-3-14-33(18(2)17-19-4-6-22(7-5-19)32(36)37)15-10-20(11-16-33)23(30)24(34)21-8-12-31(13-9-21)25(35)26(27,28)29/h4-9,12,18,20,23H,3,10-11,13-17,30H2,1-2H3/q+1. The molecule has 1 aromatic carbocycles. The number of nitro groups is 1. The monoisotopic (exact) mass is 523 g/mol. The van der Waals surface area contributed by atoms with Crippen LogP contribution in [0.15, 0.2) is 48.2 Å². The molecule has 3 rings (SSSR count). The maximum absolute atomic E-state index is 13.0. The summed E-state index contributed by atoms with van der Waals surface area (Å²) in [5, 5.41) is 10.9. The highest BCUT2D eigenvalue weighted by Crippen LogP contribution is 2.31. The average molecular weight is 524 g/mol. The number of rotatable bonds is 9. The number of hydrogen-bond acceptors (Lipinski definition) is 5. The van der Waals surface area contributed by atoms with Crippen molar-refractivity contribution in [3.05, 3.63) is 63.9 Å². The van der Waals surface area contributed by atoms with Crippen LogP contribution in [0, 0.1) is 16.0 Å². The molecule has 2 heterocycles. The van der Waals surface area contributed by atoms with E-state index in [4.69, 9.17) is 5.73 Å². The van der Waals surface area contributed by atoms with E-state index < -0.39 is 23.0 Å². The van der Waals surface area contributed by atoms with Crippen LogP contribution in [0.2, 0.25) is 0 Å². The van der Waals surface area contributed by atoms with Crippen molar-refractivity contribution in [3.63, 3.8) is 0 Å². The summed E-state index contributed by atoms with van der Waals surface area (Å²) in [7, 11) is 0. The zero-order valence-corrected chi connectivity index (χ0v) is 21.1. The molecule has 2 atom stereocenters. The van der Waals surface area contributed by atoms with Crippen molar-refractivity contribution >= 4 is 17.4 Å². The summed E-state index contributed by atoms with van der Waals surface area (Å²) in [5.74, 6) is -2.35. The van der Waals surface area contributed by atoms with Gasteiger partial charge < -0.3 is 15.1 Å². The molecular weight excluding hydrogens is 489 g/mol. The van der Waals surface area contributed by atoms with Crippen molar-refractivity contribution in [1.29, 1.82) is 0 Å². The van der Waals surface area contributed by atoms with Gasteiger partial charge in [0.25, 0.3) is 5.69 Å². The number of halogens is 3. The van der Waals surface area contributed by atoms with Gasteiger partial charge in [-0.25, -0.2) is 0 Å². The first kappa shape index (κ1) is 28.5. The van der Waals surface area contributed by atoms with Crippen LogP contribution in [0.4, 0.5) is 18.9 Å². The maximum Gasteiger partial charge on any atom is 0.471 e. The van der Waals surface area contributed by atoms with Gasteiger partial charge in [-0.15, -0.1) is 0 Å². The number of Topliss-reactive ketones (excluding diaryl/α,β-unsaturated/α-hetero) is 1. The van der Waals surface area contributed by atoms with E-state index in [0.29, 0.717) is 4.90 Å². The first-order valence-electron chi connectivity index (χ1n) is 12.5. The lowest BCUT2D eigenvalue weighted by molar-refractivity contribution is -0.954. The Morgan fingerprint density at radius 2 is 1.84 bits per heavy atom. The van der Waals surface area contributed by atoms with Gasteiger partial charge in [-0.3, -0.25) is 19.7 Å². The van der Waals surface area contributed by atoms with E-state index in [9.17, 15) is 32.9 Å². The highest BCUT2D eigenvalue weighted by atomic mass is 19.4. The lowest BCUT2D eigenvalue weighted by Gasteiger charge is -2.48. The molecule has 1 fully saturated rings. The maximum atomic E-state index is 13.0. The molecule has 8 nitrogen and oxygen atoms in total. The van der Waals surface area contributed by atoms with Crippen LogP contribution < -0.4 is 5.73 Å². The predicted molar refractivity (Wildman–Crippen MR) is 132 cm³/mol. The first-order chi connectivity index (χ1) is 17.4. The van der Waals surface area contributed by atoms with Crippen molar-refractivity contribution in [2.75, 3.05) is 26.2 Å². The summed E-state index contributed by atoms with van der Waals surface area (Å²) in [6, 6.07) is 6.15. The minimum Gasteiger partial charge on any atom is -0.321 e. The van der Waals surface area contributed by atoms with Gasteiger partial charge in [-0.2, -0.15) is 13.2 Å².